The second-order valence-corrected chi connectivity index (χ2v) is 5.64. The number of hydrogen-bond donors (Lipinski definition) is 3. The van der Waals surface area contributed by atoms with Gasteiger partial charge in [-0.3, -0.25) is 0 Å². The van der Waals surface area contributed by atoms with Gasteiger partial charge in [0.1, 0.15) is 0 Å². The molecule has 1 atom stereocenters. The monoisotopic (exact) mass is 276 g/mol. The average Bonchev–Trinajstić information content (AvgIpc) is 2.90. The first-order valence-electron chi connectivity index (χ1n) is 7.42. The molecule has 1 aromatic carbocycles. The number of rotatable bonds is 6. The van der Waals surface area contributed by atoms with Crippen LogP contribution in [0.25, 0.3) is 0 Å². The molecular formula is C16H24N2O2. The van der Waals surface area contributed by atoms with Crippen LogP contribution in [0.5, 0.6) is 0 Å². The van der Waals surface area contributed by atoms with Gasteiger partial charge in [-0.25, -0.2) is 4.79 Å². The molecule has 0 heterocycles. The van der Waals surface area contributed by atoms with Crippen molar-refractivity contribution < 1.29 is 9.90 Å². The Morgan fingerprint density at radius 3 is 2.90 bits per heavy atom. The summed E-state index contributed by atoms with van der Waals surface area (Å²) in [6.45, 7) is 3.33. The number of aryl methyl sites for hydroxylation is 2. The van der Waals surface area contributed by atoms with Crippen molar-refractivity contribution in [2.75, 3.05) is 13.2 Å². The predicted molar refractivity (Wildman–Crippen MR) is 79.6 cm³/mol. The van der Waals surface area contributed by atoms with Gasteiger partial charge in [0, 0.05) is 19.7 Å². The Hall–Kier alpha value is -1.55. The molecule has 0 aliphatic heterocycles. The van der Waals surface area contributed by atoms with Crippen molar-refractivity contribution >= 4 is 6.03 Å². The molecule has 4 nitrogen and oxygen atoms in total. The maximum absolute atomic E-state index is 11.7. The van der Waals surface area contributed by atoms with Crippen LogP contribution in [0.1, 0.15) is 36.5 Å². The fourth-order valence-corrected chi connectivity index (χ4v) is 2.57. The Bertz CT molecular complexity index is 460. The lowest BCUT2D eigenvalue weighted by atomic mass is 10.1. The summed E-state index contributed by atoms with van der Waals surface area (Å²) >= 11 is 0. The Morgan fingerprint density at radius 1 is 1.30 bits per heavy atom. The minimum absolute atomic E-state index is 0.143. The van der Waals surface area contributed by atoms with Gasteiger partial charge in [-0.2, -0.15) is 0 Å². The number of amides is 2. The van der Waals surface area contributed by atoms with Gasteiger partial charge in [0.05, 0.1) is 0 Å². The molecule has 1 aromatic rings. The summed E-state index contributed by atoms with van der Waals surface area (Å²) in [5.74, 6) is 0.297. The second kappa shape index (κ2) is 7.29. The molecular weight excluding hydrogens is 252 g/mol. The standard InChI is InChI=1S/C16H24N2O2/c1-12(7-8-19)10-17-16(20)18-11-13-5-6-14-3-2-4-15(14)9-13/h5-6,9,12,19H,2-4,7-8,10-11H2,1H3,(H2,17,18,20). The van der Waals surface area contributed by atoms with E-state index in [0.29, 0.717) is 25.4 Å². The molecule has 0 spiro atoms. The Balaban J connectivity index is 1.73. The molecule has 0 fully saturated rings. The smallest absolute Gasteiger partial charge is 0.315 e. The summed E-state index contributed by atoms with van der Waals surface area (Å²) in [7, 11) is 0. The van der Waals surface area contributed by atoms with Gasteiger partial charge in [0.15, 0.2) is 0 Å². The average molecular weight is 276 g/mol. The number of carbonyl (C=O) groups is 1. The van der Waals surface area contributed by atoms with E-state index in [1.54, 1.807) is 0 Å². The lowest BCUT2D eigenvalue weighted by Gasteiger charge is -2.12. The van der Waals surface area contributed by atoms with Crippen molar-refractivity contribution in [1.29, 1.82) is 0 Å². The van der Waals surface area contributed by atoms with Crippen molar-refractivity contribution in [3.05, 3.63) is 34.9 Å². The molecule has 0 bridgehead atoms. The zero-order valence-electron chi connectivity index (χ0n) is 12.1. The van der Waals surface area contributed by atoms with Crippen LogP contribution in [0.15, 0.2) is 18.2 Å². The third kappa shape index (κ3) is 4.23. The van der Waals surface area contributed by atoms with E-state index in [0.717, 1.165) is 12.0 Å². The van der Waals surface area contributed by atoms with Crippen LogP contribution in [0.4, 0.5) is 4.79 Å². The third-order valence-corrected chi connectivity index (χ3v) is 3.85. The summed E-state index contributed by atoms with van der Waals surface area (Å²) in [5.41, 5.74) is 4.04. The molecule has 1 unspecified atom stereocenters. The highest BCUT2D eigenvalue weighted by Crippen LogP contribution is 2.22. The lowest BCUT2D eigenvalue weighted by Crippen LogP contribution is -2.37. The maximum atomic E-state index is 11.7. The topological polar surface area (TPSA) is 61.4 Å². The zero-order valence-corrected chi connectivity index (χ0v) is 12.1. The van der Waals surface area contributed by atoms with Crippen molar-refractivity contribution in [3.8, 4) is 0 Å². The number of urea groups is 1. The normalized spacial score (nSPS) is 14.7. The van der Waals surface area contributed by atoms with Crippen molar-refractivity contribution in [1.82, 2.24) is 10.6 Å². The molecule has 3 N–H and O–H groups in total. The van der Waals surface area contributed by atoms with Gasteiger partial charge < -0.3 is 15.7 Å². The Morgan fingerprint density at radius 2 is 2.10 bits per heavy atom. The largest absolute Gasteiger partial charge is 0.396 e. The molecule has 0 saturated heterocycles. The van der Waals surface area contributed by atoms with E-state index in [9.17, 15) is 4.79 Å². The molecule has 0 saturated carbocycles. The maximum Gasteiger partial charge on any atom is 0.315 e. The number of aliphatic hydroxyl groups is 1. The quantitative estimate of drug-likeness (QED) is 0.744. The van der Waals surface area contributed by atoms with E-state index in [1.807, 2.05) is 6.92 Å². The van der Waals surface area contributed by atoms with Crippen molar-refractivity contribution in [2.45, 2.75) is 39.2 Å². The summed E-state index contributed by atoms with van der Waals surface area (Å²) in [4.78, 5) is 11.7. The summed E-state index contributed by atoms with van der Waals surface area (Å²) < 4.78 is 0. The first-order valence-corrected chi connectivity index (χ1v) is 7.42. The van der Waals surface area contributed by atoms with E-state index in [-0.39, 0.29) is 12.6 Å². The lowest BCUT2D eigenvalue weighted by molar-refractivity contribution is 0.233. The fourth-order valence-electron chi connectivity index (χ4n) is 2.57. The van der Waals surface area contributed by atoms with Gasteiger partial charge in [0.25, 0.3) is 0 Å². The number of nitrogens with one attached hydrogen (secondary N) is 2. The molecule has 1 aliphatic rings. The van der Waals surface area contributed by atoms with Crippen LogP contribution in [0.2, 0.25) is 0 Å². The molecule has 2 amide bonds. The van der Waals surface area contributed by atoms with Crippen molar-refractivity contribution in [2.24, 2.45) is 5.92 Å². The van der Waals surface area contributed by atoms with Gasteiger partial charge in [-0.1, -0.05) is 25.1 Å². The summed E-state index contributed by atoms with van der Waals surface area (Å²) in [5, 5.41) is 14.5. The number of fused-ring (bicyclic) bond motifs is 1. The molecule has 2 rings (SSSR count). The number of benzene rings is 1. The zero-order chi connectivity index (χ0) is 14.4. The SMILES string of the molecule is CC(CCO)CNC(=O)NCc1ccc2c(c1)CCC2. The molecule has 0 radical (unpaired) electrons. The van der Waals surface area contributed by atoms with Crippen LogP contribution >= 0.6 is 0 Å². The van der Waals surface area contributed by atoms with E-state index in [2.05, 4.69) is 28.8 Å². The number of hydrogen-bond acceptors (Lipinski definition) is 2. The van der Waals surface area contributed by atoms with E-state index in [1.165, 1.54) is 24.0 Å². The minimum atomic E-state index is -0.143. The predicted octanol–water partition coefficient (Wildman–Crippen LogP) is 1.99. The number of carbonyl (C=O) groups excluding carboxylic acids is 1. The van der Waals surface area contributed by atoms with Crippen LogP contribution in [-0.2, 0) is 19.4 Å². The minimum Gasteiger partial charge on any atom is -0.396 e. The molecule has 20 heavy (non-hydrogen) atoms. The van der Waals surface area contributed by atoms with E-state index < -0.39 is 0 Å². The van der Waals surface area contributed by atoms with Gasteiger partial charge in [-0.15, -0.1) is 0 Å². The highest BCUT2D eigenvalue weighted by Gasteiger charge is 2.11. The van der Waals surface area contributed by atoms with Crippen LogP contribution in [0, 0.1) is 5.92 Å². The summed E-state index contributed by atoms with van der Waals surface area (Å²) in [6, 6.07) is 6.34. The third-order valence-electron chi connectivity index (χ3n) is 3.85. The molecule has 1 aliphatic carbocycles. The Kier molecular flexibility index (Phi) is 5.41. The van der Waals surface area contributed by atoms with Gasteiger partial charge in [0.2, 0.25) is 0 Å². The van der Waals surface area contributed by atoms with Crippen LogP contribution in [-0.4, -0.2) is 24.3 Å². The van der Waals surface area contributed by atoms with Crippen LogP contribution < -0.4 is 10.6 Å². The fraction of sp³-hybridized carbons (Fsp3) is 0.562. The first kappa shape index (κ1) is 14.9. The van der Waals surface area contributed by atoms with E-state index >= 15 is 0 Å². The van der Waals surface area contributed by atoms with Gasteiger partial charge >= 0.3 is 6.03 Å². The number of aliphatic hydroxyl groups excluding tert-OH is 1. The molecule has 4 heteroatoms. The van der Waals surface area contributed by atoms with Crippen molar-refractivity contribution in [3.63, 3.8) is 0 Å². The second-order valence-electron chi connectivity index (χ2n) is 5.64. The molecule has 0 aromatic heterocycles. The highest BCUT2D eigenvalue weighted by atomic mass is 16.3. The van der Waals surface area contributed by atoms with Crippen LogP contribution in [0.3, 0.4) is 0 Å². The molecule has 110 valence electrons. The summed E-state index contributed by atoms with van der Waals surface area (Å²) in [6.07, 6.45) is 4.31. The highest BCUT2D eigenvalue weighted by molar-refractivity contribution is 5.73. The van der Waals surface area contributed by atoms with Gasteiger partial charge in [-0.05, 0) is 48.3 Å². The Labute approximate surface area is 120 Å². The first-order chi connectivity index (χ1) is 9.69. The van der Waals surface area contributed by atoms with E-state index in [4.69, 9.17) is 5.11 Å².